The van der Waals surface area contributed by atoms with Gasteiger partial charge in [0.15, 0.2) is 0 Å². The number of ketones is 1. The Balaban J connectivity index is 1.88. The van der Waals surface area contributed by atoms with Gasteiger partial charge in [0.05, 0.1) is 0 Å². The zero-order chi connectivity index (χ0) is 16.2. The minimum atomic E-state index is 0.295. The number of rotatable bonds is 5. The lowest BCUT2D eigenvalue weighted by atomic mass is 9.76. The van der Waals surface area contributed by atoms with E-state index in [1.807, 2.05) is 0 Å². The normalized spacial score (nSPS) is 18.2. The van der Waals surface area contributed by atoms with Gasteiger partial charge in [0.25, 0.3) is 0 Å². The summed E-state index contributed by atoms with van der Waals surface area (Å²) in [7, 11) is 0. The molecule has 1 heteroatoms. The largest absolute Gasteiger partial charge is 0.299 e. The fraction of sp³-hybridized carbons (Fsp3) is 0.476. The molecule has 0 spiro atoms. The van der Waals surface area contributed by atoms with E-state index < -0.39 is 0 Å². The third kappa shape index (κ3) is 4.69. The van der Waals surface area contributed by atoms with E-state index in [2.05, 4.69) is 70.2 Å². The van der Waals surface area contributed by atoms with Gasteiger partial charge in [-0.05, 0) is 40.9 Å². The van der Waals surface area contributed by atoms with Crippen LogP contribution in [0.2, 0.25) is 0 Å². The van der Waals surface area contributed by atoms with E-state index in [9.17, 15) is 4.79 Å². The van der Waals surface area contributed by atoms with Gasteiger partial charge in [0.1, 0.15) is 5.78 Å². The monoisotopic (exact) mass is 296 g/mol. The summed E-state index contributed by atoms with van der Waals surface area (Å²) in [6.45, 7) is 8.96. The van der Waals surface area contributed by atoms with Gasteiger partial charge in [-0.1, -0.05) is 70.2 Å². The molecule has 22 heavy (non-hydrogen) atoms. The number of hydrogen-bond donors (Lipinski definition) is 0. The van der Waals surface area contributed by atoms with Crippen molar-refractivity contribution >= 4 is 5.78 Å². The van der Waals surface area contributed by atoms with Gasteiger partial charge < -0.3 is 0 Å². The van der Waals surface area contributed by atoms with Crippen molar-refractivity contribution in [3.05, 3.63) is 59.2 Å². The van der Waals surface area contributed by atoms with E-state index in [0.717, 1.165) is 18.4 Å². The van der Waals surface area contributed by atoms with Crippen LogP contribution in [0.5, 0.6) is 0 Å². The van der Waals surface area contributed by atoms with E-state index in [1.165, 1.54) is 11.1 Å². The first kappa shape index (κ1) is 16.7. The minimum absolute atomic E-state index is 0.295. The molecule has 0 saturated carbocycles. The molecule has 1 nitrogen and oxygen atoms in total. The molecule has 0 saturated heterocycles. The predicted octanol–water partition coefficient (Wildman–Crippen LogP) is 5.30. The highest BCUT2D eigenvalue weighted by atomic mass is 16.1. The van der Waals surface area contributed by atoms with E-state index >= 15 is 0 Å². The Bertz CT molecular complexity index is 567. The molecule has 0 aliphatic heterocycles. The van der Waals surface area contributed by atoms with E-state index in [1.54, 1.807) is 0 Å². The average Bonchev–Trinajstić information content (AvgIpc) is 2.47. The average molecular weight is 296 g/mol. The molecule has 118 valence electrons. The molecule has 1 aliphatic rings. The van der Waals surface area contributed by atoms with Crippen LogP contribution in [0, 0.1) is 11.3 Å². The number of benzene rings is 1. The Morgan fingerprint density at radius 3 is 2.23 bits per heavy atom. The van der Waals surface area contributed by atoms with Crippen molar-refractivity contribution in [3.63, 3.8) is 0 Å². The third-order valence-electron chi connectivity index (χ3n) is 4.52. The van der Waals surface area contributed by atoms with Gasteiger partial charge in [-0.25, -0.2) is 0 Å². The molecule has 1 unspecified atom stereocenters. The zero-order valence-corrected chi connectivity index (χ0v) is 14.4. The Morgan fingerprint density at radius 1 is 1.09 bits per heavy atom. The lowest BCUT2D eigenvalue weighted by Gasteiger charge is -2.29. The Kier molecular flexibility index (Phi) is 5.39. The summed E-state index contributed by atoms with van der Waals surface area (Å²) in [6.07, 6.45) is 9.86. The second-order valence-corrected chi connectivity index (χ2v) is 7.41. The molecule has 0 amide bonds. The summed E-state index contributed by atoms with van der Waals surface area (Å²) in [5.41, 5.74) is 3.91. The number of aryl methyl sites for hydroxylation is 1. The first-order valence-electron chi connectivity index (χ1n) is 8.35. The molecule has 0 fully saturated rings. The highest BCUT2D eigenvalue weighted by Crippen LogP contribution is 2.33. The lowest BCUT2D eigenvalue weighted by Crippen LogP contribution is -2.19. The third-order valence-corrected chi connectivity index (χ3v) is 4.52. The van der Waals surface area contributed by atoms with Crippen molar-refractivity contribution in [2.24, 2.45) is 11.3 Å². The highest BCUT2D eigenvalue weighted by molar-refractivity contribution is 5.83. The molecule has 0 aromatic heterocycles. The minimum Gasteiger partial charge on any atom is -0.299 e. The van der Waals surface area contributed by atoms with Crippen LogP contribution in [0.3, 0.4) is 0 Å². The topological polar surface area (TPSA) is 17.1 Å². The molecule has 0 bridgehead atoms. The molecular formula is C21H28O. The fourth-order valence-corrected chi connectivity index (χ4v) is 2.85. The second-order valence-electron chi connectivity index (χ2n) is 7.41. The maximum absolute atomic E-state index is 12.2. The predicted molar refractivity (Wildman–Crippen MR) is 93.9 cm³/mol. The maximum Gasteiger partial charge on any atom is 0.141 e. The van der Waals surface area contributed by atoms with Crippen LogP contribution in [0.4, 0.5) is 0 Å². The van der Waals surface area contributed by atoms with Gasteiger partial charge >= 0.3 is 0 Å². The summed E-state index contributed by atoms with van der Waals surface area (Å²) in [4.78, 5) is 12.2. The summed E-state index contributed by atoms with van der Waals surface area (Å²) in [5, 5.41) is 0. The zero-order valence-electron chi connectivity index (χ0n) is 14.4. The number of Topliss-reactive ketones (excluding diaryl/α,β-unsaturated/α-hetero) is 1. The summed E-state index contributed by atoms with van der Waals surface area (Å²) < 4.78 is 0. The number of hydrogen-bond acceptors (Lipinski definition) is 1. The van der Waals surface area contributed by atoms with Gasteiger partial charge in [-0.3, -0.25) is 4.79 Å². The van der Waals surface area contributed by atoms with E-state index in [4.69, 9.17) is 0 Å². The molecule has 1 aromatic carbocycles. The van der Waals surface area contributed by atoms with E-state index in [-0.39, 0.29) is 0 Å². The maximum atomic E-state index is 12.2. The number of carbonyl (C=O) groups excluding carboxylic acids is 1. The van der Waals surface area contributed by atoms with Crippen molar-refractivity contribution in [1.82, 2.24) is 0 Å². The van der Waals surface area contributed by atoms with Crippen LogP contribution in [0.1, 0.15) is 51.7 Å². The van der Waals surface area contributed by atoms with Gasteiger partial charge in [-0.15, -0.1) is 0 Å². The number of carbonyl (C=O) groups is 1. The molecule has 0 radical (unpaired) electrons. The Labute approximate surface area is 135 Å². The van der Waals surface area contributed by atoms with E-state index in [0.29, 0.717) is 30.0 Å². The Hall–Kier alpha value is -1.63. The fourth-order valence-electron chi connectivity index (χ4n) is 2.85. The van der Waals surface area contributed by atoms with Crippen molar-refractivity contribution in [2.45, 2.75) is 53.4 Å². The summed E-state index contributed by atoms with van der Waals surface area (Å²) in [5.74, 6) is 0.877. The molecule has 1 atom stereocenters. The van der Waals surface area contributed by atoms with Crippen molar-refractivity contribution < 1.29 is 4.79 Å². The quantitative estimate of drug-likeness (QED) is 0.720. The van der Waals surface area contributed by atoms with Crippen LogP contribution in [0.25, 0.3) is 0 Å². The molecule has 1 aromatic rings. The van der Waals surface area contributed by atoms with Gasteiger partial charge in [0, 0.05) is 12.8 Å². The molecule has 0 heterocycles. The highest BCUT2D eigenvalue weighted by Gasteiger charge is 2.23. The van der Waals surface area contributed by atoms with Crippen LogP contribution in [0.15, 0.2) is 48.1 Å². The summed E-state index contributed by atoms with van der Waals surface area (Å²) >= 11 is 0. The van der Waals surface area contributed by atoms with Crippen LogP contribution >= 0.6 is 0 Å². The van der Waals surface area contributed by atoms with Crippen LogP contribution < -0.4 is 0 Å². The lowest BCUT2D eigenvalue weighted by molar-refractivity contribution is -0.117. The van der Waals surface area contributed by atoms with Gasteiger partial charge in [-0.2, -0.15) is 0 Å². The Morgan fingerprint density at radius 2 is 1.73 bits per heavy atom. The molecule has 1 aliphatic carbocycles. The van der Waals surface area contributed by atoms with Crippen LogP contribution in [-0.4, -0.2) is 5.78 Å². The van der Waals surface area contributed by atoms with Gasteiger partial charge in [0.2, 0.25) is 0 Å². The molecule has 2 rings (SSSR count). The molecular weight excluding hydrogens is 268 g/mol. The van der Waals surface area contributed by atoms with Crippen molar-refractivity contribution in [1.29, 1.82) is 0 Å². The number of allylic oxidation sites excluding steroid dienone is 4. The second kappa shape index (κ2) is 7.09. The SMILES string of the molecule is CCc1ccc(CC(=O)CC2=CCC(C(C)(C)C)C=C2)cc1. The van der Waals surface area contributed by atoms with Crippen molar-refractivity contribution in [3.8, 4) is 0 Å². The molecule has 0 N–H and O–H groups in total. The van der Waals surface area contributed by atoms with Crippen LogP contribution in [-0.2, 0) is 17.6 Å². The first-order chi connectivity index (χ1) is 10.4. The smallest absolute Gasteiger partial charge is 0.141 e. The standard InChI is InChI=1S/C21H28O/c1-5-16-6-8-17(9-7-16)14-20(22)15-18-10-12-19(13-11-18)21(2,3)4/h6-12,19H,5,13-15H2,1-4H3. The van der Waals surface area contributed by atoms with Crippen molar-refractivity contribution in [2.75, 3.05) is 0 Å². The summed E-state index contributed by atoms with van der Waals surface area (Å²) in [6, 6.07) is 8.40. The first-order valence-corrected chi connectivity index (χ1v) is 8.35.